The first-order chi connectivity index (χ1) is 13.7. The highest BCUT2D eigenvalue weighted by Crippen LogP contribution is 2.39. The number of carbonyl (C=O) groups excluding carboxylic acids is 1. The van der Waals surface area contributed by atoms with Crippen LogP contribution in [0.25, 0.3) is 11.3 Å². The molecule has 7 heteroatoms. The van der Waals surface area contributed by atoms with Gasteiger partial charge in [-0.25, -0.2) is 4.98 Å². The van der Waals surface area contributed by atoms with Crippen molar-refractivity contribution in [2.24, 2.45) is 11.1 Å². The van der Waals surface area contributed by atoms with Gasteiger partial charge in [-0.15, -0.1) is 0 Å². The molecule has 0 aliphatic heterocycles. The maximum absolute atomic E-state index is 12.2. The number of hydrogen-bond donors (Lipinski definition) is 1. The van der Waals surface area contributed by atoms with E-state index in [1.807, 2.05) is 74.9 Å². The molecule has 7 nitrogen and oxygen atoms in total. The van der Waals surface area contributed by atoms with E-state index in [9.17, 15) is 4.79 Å². The highest BCUT2D eigenvalue weighted by molar-refractivity contribution is 5.80. The monoisotopic (exact) mass is 396 g/mol. The summed E-state index contributed by atoms with van der Waals surface area (Å²) in [7, 11) is 1.50. The average Bonchev–Trinajstić information content (AvgIpc) is 3.25. The van der Waals surface area contributed by atoms with Gasteiger partial charge in [0, 0.05) is 24.9 Å². The van der Waals surface area contributed by atoms with E-state index in [1.54, 1.807) is 0 Å². The third-order valence-electron chi connectivity index (χ3n) is 4.93. The summed E-state index contributed by atoms with van der Waals surface area (Å²) in [6.45, 7) is 8.47. The van der Waals surface area contributed by atoms with Crippen molar-refractivity contribution < 1.29 is 14.1 Å². The van der Waals surface area contributed by atoms with Gasteiger partial charge in [-0.3, -0.25) is 4.79 Å². The predicted molar refractivity (Wildman–Crippen MR) is 110 cm³/mol. The fraction of sp³-hybridized carbons (Fsp3) is 0.409. The Bertz CT molecular complexity index is 970. The van der Waals surface area contributed by atoms with Crippen LogP contribution in [0, 0.1) is 12.3 Å². The standard InChI is InChI=1S/C22H28N4O3/c1-14-11-16(25-29-14)12-26-13-17(15-9-7-6-8-10-15)24-21(26)18(22(2,3)4)19(28-5)20(23)27/h6-11,13,18-19H,12H2,1-5H3,(H2,23,27)/t18-,19?/m0/s1. The maximum Gasteiger partial charge on any atom is 0.247 e. The molecule has 1 amide bonds. The molecule has 2 heterocycles. The van der Waals surface area contributed by atoms with Crippen molar-refractivity contribution in [3.63, 3.8) is 0 Å². The van der Waals surface area contributed by atoms with E-state index in [4.69, 9.17) is 20.0 Å². The largest absolute Gasteiger partial charge is 0.371 e. The van der Waals surface area contributed by atoms with Crippen molar-refractivity contribution in [3.05, 3.63) is 59.9 Å². The van der Waals surface area contributed by atoms with Crippen LogP contribution in [0.4, 0.5) is 0 Å². The van der Waals surface area contributed by atoms with Gasteiger partial charge >= 0.3 is 0 Å². The van der Waals surface area contributed by atoms with Gasteiger partial charge in [0.05, 0.1) is 18.2 Å². The van der Waals surface area contributed by atoms with Crippen LogP contribution in [-0.2, 0) is 16.1 Å². The molecule has 0 spiro atoms. The minimum Gasteiger partial charge on any atom is -0.371 e. The fourth-order valence-corrected chi connectivity index (χ4v) is 3.61. The Morgan fingerprint density at radius 1 is 1.28 bits per heavy atom. The Morgan fingerprint density at radius 3 is 2.48 bits per heavy atom. The zero-order chi connectivity index (χ0) is 21.2. The van der Waals surface area contributed by atoms with Crippen molar-refractivity contribution in [3.8, 4) is 11.3 Å². The number of rotatable bonds is 7. The van der Waals surface area contributed by atoms with Crippen molar-refractivity contribution >= 4 is 5.91 Å². The third kappa shape index (κ3) is 4.56. The summed E-state index contributed by atoms with van der Waals surface area (Å²) in [5.41, 5.74) is 7.93. The van der Waals surface area contributed by atoms with Gasteiger partial charge in [-0.05, 0) is 12.3 Å². The number of ether oxygens (including phenoxy) is 1. The molecular weight excluding hydrogens is 368 g/mol. The number of aryl methyl sites for hydroxylation is 1. The molecule has 2 aromatic heterocycles. The zero-order valence-electron chi connectivity index (χ0n) is 17.5. The van der Waals surface area contributed by atoms with Gasteiger partial charge < -0.3 is 19.6 Å². The highest BCUT2D eigenvalue weighted by Gasteiger charge is 2.40. The SMILES string of the molecule is COC(C(N)=O)[C@@H](c1nc(-c2ccccc2)cn1Cc1cc(C)on1)C(C)(C)C. The van der Waals surface area contributed by atoms with Gasteiger partial charge in [0.1, 0.15) is 23.4 Å². The van der Waals surface area contributed by atoms with Gasteiger partial charge in [0.15, 0.2) is 0 Å². The number of carbonyl (C=O) groups is 1. The van der Waals surface area contributed by atoms with E-state index in [0.29, 0.717) is 6.54 Å². The van der Waals surface area contributed by atoms with Gasteiger partial charge in [0.2, 0.25) is 5.91 Å². The minimum atomic E-state index is -0.807. The summed E-state index contributed by atoms with van der Waals surface area (Å²) in [5.74, 6) is 0.600. The van der Waals surface area contributed by atoms with Crippen LogP contribution in [0.3, 0.4) is 0 Å². The normalized spacial score (nSPS) is 14.0. The molecule has 0 radical (unpaired) electrons. The third-order valence-corrected chi connectivity index (χ3v) is 4.93. The molecule has 3 rings (SSSR count). The lowest BCUT2D eigenvalue weighted by atomic mass is 9.76. The van der Waals surface area contributed by atoms with Crippen LogP contribution in [0.5, 0.6) is 0 Å². The molecule has 0 aliphatic rings. The number of aromatic nitrogens is 3. The zero-order valence-corrected chi connectivity index (χ0v) is 17.5. The molecule has 3 aromatic rings. The lowest BCUT2D eigenvalue weighted by Gasteiger charge is -2.34. The van der Waals surface area contributed by atoms with E-state index in [0.717, 1.165) is 28.5 Å². The van der Waals surface area contributed by atoms with Gasteiger partial charge in [0.25, 0.3) is 0 Å². The van der Waals surface area contributed by atoms with Crippen molar-refractivity contribution in [2.45, 2.75) is 46.3 Å². The van der Waals surface area contributed by atoms with Gasteiger partial charge in [-0.1, -0.05) is 56.3 Å². The molecule has 154 valence electrons. The van der Waals surface area contributed by atoms with Crippen LogP contribution in [0.2, 0.25) is 0 Å². The summed E-state index contributed by atoms with van der Waals surface area (Å²) in [4.78, 5) is 17.1. The Hall–Kier alpha value is -2.93. The average molecular weight is 396 g/mol. The number of benzene rings is 1. The molecule has 2 N–H and O–H groups in total. The summed E-state index contributed by atoms with van der Waals surface area (Å²) in [6.07, 6.45) is 1.17. The Balaban J connectivity index is 2.15. The summed E-state index contributed by atoms with van der Waals surface area (Å²) >= 11 is 0. The summed E-state index contributed by atoms with van der Waals surface area (Å²) in [6, 6.07) is 11.8. The lowest BCUT2D eigenvalue weighted by Crippen LogP contribution is -2.42. The molecular formula is C22H28N4O3. The number of nitrogens with zero attached hydrogens (tertiary/aromatic N) is 3. The Labute approximate surface area is 170 Å². The number of amides is 1. The van der Waals surface area contributed by atoms with Crippen molar-refractivity contribution in [2.75, 3.05) is 7.11 Å². The summed E-state index contributed by atoms with van der Waals surface area (Å²) in [5, 5.41) is 4.11. The van der Waals surface area contributed by atoms with Gasteiger partial charge in [-0.2, -0.15) is 0 Å². The predicted octanol–water partition coefficient (Wildman–Crippen LogP) is 3.52. The second-order valence-corrected chi connectivity index (χ2v) is 8.31. The van der Waals surface area contributed by atoms with E-state index in [-0.39, 0.29) is 11.3 Å². The van der Waals surface area contributed by atoms with E-state index in [2.05, 4.69) is 5.16 Å². The molecule has 0 saturated heterocycles. The highest BCUT2D eigenvalue weighted by atomic mass is 16.5. The molecule has 0 saturated carbocycles. The topological polar surface area (TPSA) is 96.2 Å². The van der Waals surface area contributed by atoms with E-state index < -0.39 is 12.0 Å². The smallest absolute Gasteiger partial charge is 0.247 e. The Morgan fingerprint density at radius 2 is 1.97 bits per heavy atom. The van der Waals surface area contributed by atoms with Crippen LogP contribution in [0.15, 0.2) is 47.1 Å². The second kappa shape index (κ2) is 8.21. The van der Waals surface area contributed by atoms with E-state index in [1.165, 1.54) is 7.11 Å². The summed E-state index contributed by atoms with van der Waals surface area (Å²) < 4.78 is 12.7. The first kappa shape index (κ1) is 20.8. The fourth-order valence-electron chi connectivity index (χ4n) is 3.61. The first-order valence-electron chi connectivity index (χ1n) is 9.57. The molecule has 0 fully saturated rings. The van der Waals surface area contributed by atoms with Crippen LogP contribution in [0.1, 0.15) is 44.0 Å². The second-order valence-electron chi connectivity index (χ2n) is 8.31. The minimum absolute atomic E-state index is 0.327. The molecule has 29 heavy (non-hydrogen) atoms. The van der Waals surface area contributed by atoms with Crippen LogP contribution < -0.4 is 5.73 Å². The Kier molecular flexibility index (Phi) is 5.88. The molecule has 1 aromatic carbocycles. The van der Waals surface area contributed by atoms with Crippen molar-refractivity contribution in [1.82, 2.24) is 14.7 Å². The first-order valence-corrected chi connectivity index (χ1v) is 9.57. The van der Waals surface area contributed by atoms with Crippen molar-refractivity contribution in [1.29, 1.82) is 0 Å². The molecule has 2 atom stereocenters. The number of imidazole rings is 1. The lowest BCUT2D eigenvalue weighted by molar-refractivity contribution is -0.131. The van der Waals surface area contributed by atoms with Crippen LogP contribution in [-0.4, -0.2) is 33.8 Å². The van der Waals surface area contributed by atoms with E-state index >= 15 is 0 Å². The number of primary amides is 1. The maximum atomic E-state index is 12.2. The molecule has 0 aliphatic carbocycles. The number of methoxy groups -OCH3 is 1. The van der Waals surface area contributed by atoms with Crippen LogP contribution >= 0.6 is 0 Å². The quantitative estimate of drug-likeness (QED) is 0.659. The molecule has 0 bridgehead atoms. The number of nitrogens with two attached hydrogens (primary N) is 1. The molecule has 1 unspecified atom stereocenters. The number of hydrogen-bond acceptors (Lipinski definition) is 5.